The number of hydrogen-bond acceptors (Lipinski definition) is 2. The SMILES string of the molecule is CC(CN)CC(C)CO.CCc1ccccc1. The van der Waals surface area contributed by atoms with Gasteiger partial charge in [-0.1, -0.05) is 51.1 Å². The molecule has 1 aromatic carbocycles. The summed E-state index contributed by atoms with van der Waals surface area (Å²) in [6, 6.07) is 10.5. The number of rotatable bonds is 5. The maximum atomic E-state index is 8.64. The van der Waals surface area contributed by atoms with E-state index < -0.39 is 0 Å². The van der Waals surface area contributed by atoms with Gasteiger partial charge in [-0.15, -0.1) is 0 Å². The van der Waals surface area contributed by atoms with Crippen LogP contribution in [0.2, 0.25) is 0 Å². The molecule has 1 rings (SSSR count). The molecule has 0 aromatic heterocycles. The lowest BCUT2D eigenvalue weighted by Gasteiger charge is -2.12. The molecule has 98 valence electrons. The van der Waals surface area contributed by atoms with Crippen LogP contribution in [0.3, 0.4) is 0 Å². The summed E-state index contributed by atoms with van der Waals surface area (Å²) in [6.07, 6.45) is 2.17. The minimum absolute atomic E-state index is 0.282. The summed E-state index contributed by atoms with van der Waals surface area (Å²) in [5.74, 6) is 0.954. The highest BCUT2D eigenvalue weighted by atomic mass is 16.3. The average Bonchev–Trinajstić information content (AvgIpc) is 2.40. The third kappa shape index (κ3) is 8.90. The highest BCUT2D eigenvalue weighted by molar-refractivity contribution is 5.13. The van der Waals surface area contributed by atoms with Crippen LogP contribution >= 0.6 is 0 Å². The van der Waals surface area contributed by atoms with Crippen LogP contribution in [0.4, 0.5) is 0 Å². The van der Waals surface area contributed by atoms with Crippen molar-refractivity contribution < 1.29 is 5.11 Å². The standard InChI is InChI=1S/C8H10.C7H17NO/c1-2-8-6-4-3-5-7-8;1-6(4-8)3-7(2)5-9/h3-7H,2H2,1H3;6-7,9H,3-5,8H2,1-2H3. The zero-order chi connectivity index (χ0) is 13.1. The Morgan fingerprint density at radius 2 is 1.71 bits per heavy atom. The van der Waals surface area contributed by atoms with Crippen molar-refractivity contribution in [3.8, 4) is 0 Å². The first-order chi connectivity index (χ1) is 8.13. The zero-order valence-electron chi connectivity index (χ0n) is 11.4. The zero-order valence-corrected chi connectivity index (χ0v) is 11.4. The summed E-state index contributed by atoms with van der Waals surface area (Å²) in [5.41, 5.74) is 6.80. The Kier molecular flexibility index (Phi) is 9.78. The van der Waals surface area contributed by atoms with Crippen molar-refractivity contribution in [1.29, 1.82) is 0 Å². The van der Waals surface area contributed by atoms with Crippen LogP contribution in [0.25, 0.3) is 0 Å². The van der Waals surface area contributed by atoms with Gasteiger partial charge >= 0.3 is 0 Å². The van der Waals surface area contributed by atoms with Gasteiger partial charge in [0.2, 0.25) is 0 Å². The predicted octanol–water partition coefficient (Wildman–Crippen LogP) is 2.85. The van der Waals surface area contributed by atoms with Gasteiger partial charge in [0.25, 0.3) is 0 Å². The van der Waals surface area contributed by atoms with E-state index in [1.807, 2.05) is 13.0 Å². The quantitative estimate of drug-likeness (QED) is 0.827. The Balaban J connectivity index is 0.000000302. The number of nitrogens with two attached hydrogens (primary N) is 1. The molecule has 0 fully saturated rings. The van der Waals surface area contributed by atoms with Gasteiger partial charge in [-0.3, -0.25) is 0 Å². The van der Waals surface area contributed by atoms with Crippen molar-refractivity contribution in [3.63, 3.8) is 0 Å². The molecule has 3 N–H and O–H groups in total. The Hall–Kier alpha value is -0.860. The first-order valence-electron chi connectivity index (χ1n) is 6.48. The van der Waals surface area contributed by atoms with E-state index in [9.17, 15) is 0 Å². The first-order valence-corrected chi connectivity index (χ1v) is 6.48. The van der Waals surface area contributed by atoms with E-state index >= 15 is 0 Å². The van der Waals surface area contributed by atoms with E-state index in [2.05, 4.69) is 38.1 Å². The molecule has 0 spiro atoms. The van der Waals surface area contributed by atoms with Crippen molar-refractivity contribution in [2.45, 2.75) is 33.6 Å². The maximum absolute atomic E-state index is 8.64. The van der Waals surface area contributed by atoms with Gasteiger partial charge in [0.1, 0.15) is 0 Å². The fourth-order valence-electron chi connectivity index (χ4n) is 1.57. The maximum Gasteiger partial charge on any atom is 0.0456 e. The van der Waals surface area contributed by atoms with Crippen LogP contribution in [0, 0.1) is 11.8 Å². The molecule has 1 aromatic rings. The molecule has 0 saturated carbocycles. The molecule has 0 amide bonds. The van der Waals surface area contributed by atoms with Gasteiger partial charge in [0.05, 0.1) is 0 Å². The van der Waals surface area contributed by atoms with Gasteiger partial charge < -0.3 is 10.8 Å². The van der Waals surface area contributed by atoms with Crippen molar-refractivity contribution in [1.82, 2.24) is 0 Å². The Morgan fingerprint density at radius 3 is 2.06 bits per heavy atom. The van der Waals surface area contributed by atoms with Crippen molar-refractivity contribution in [3.05, 3.63) is 35.9 Å². The summed E-state index contributed by atoms with van der Waals surface area (Å²) in [7, 11) is 0. The Labute approximate surface area is 106 Å². The second-order valence-electron chi connectivity index (χ2n) is 4.70. The minimum Gasteiger partial charge on any atom is -0.396 e. The van der Waals surface area contributed by atoms with Gasteiger partial charge in [0.15, 0.2) is 0 Å². The van der Waals surface area contributed by atoms with E-state index in [0.717, 1.165) is 19.4 Å². The fourth-order valence-corrected chi connectivity index (χ4v) is 1.57. The van der Waals surface area contributed by atoms with Gasteiger partial charge in [0, 0.05) is 6.61 Å². The highest BCUT2D eigenvalue weighted by Crippen LogP contribution is 2.08. The number of hydrogen-bond donors (Lipinski definition) is 2. The summed E-state index contributed by atoms with van der Waals surface area (Å²) >= 11 is 0. The number of aryl methyl sites for hydroxylation is 1. The largest absolute Gasteiger partial charge is 0.396 e. The molecule has 2 nitrogen and oxygen atoms in total. The smallest absolute Gasteiger partial charge is 0.0456 e. The summed E-state index contributed by atoms with van der Waals surface area (Å²) < 4.78 is 0. The molecule has 0 aliphatic carbocycles. The molecule has 0 saturated heterocycles. The fraction of sp³-hybridized carbons (Fsp3) is 0.600. The van der Waals surface area contributed by atoms with E-state index in [1.165, 1.54) is 5.56 Å². The number of benzene rings is 1. The first kappa shape index (κ1) is 16.1. The second kappa shape index (κ2) is 10.3. The van der Waals surface area contributed by atoms with Crippen molar-refractivity contribution in [2.24, 2.45) is 17.6 Å². The van der Waals surface area contributed by atoms with Crippen LogP contribution in [0.15, 0.2) is 30.3 Å². The normalized spacial score (nSPS) is 13.5. The van der Waals surface area contributed by atoms with Gasteiger partial charge in [-0.25, -0.2) is 0 Å². The lowest BCUT2D eigenvalue weighted by molar-refractivity contribution is 0.216. The molecule has 2 unspecified atom stereocenters. The van der Waals surface area contributed by atoms with Gasteiger partial charge in [-0.05, 0) is 36.8 Å². The second-order valence-corrected chi connectivity index (χ2v) is 4.70. The predicted molar refractivity (Wildman–Crippen MR) is 74.9 cm³/mol. The van der Waals surface area contributed by atoms with Crippen LogP contribution in [-0.2, 0) is 6.42 Å². The third-order valence-electron chi connectivity index (χ3n) is 2.77. The van der Waals surface area contributed by atoms with E-state index in [1.54, 1.807) is 0 Å². The molecule has 0 aliphatic heterocycles. The van der Waals surface area contributed by atoms with Crippen LogP contribution < -0.4 is 5.73 Å². The highest BCUT2D eigenvalue weighted by Gasteiger charge is 2.04. The molecule has 0 radical (unpaired) electrons. The monoisotopic (exact) mass is 237 g/mol. The molecule has 17 heavy (non-hydrogen) atoms. The summed E-state index contributed by atoms with van der Waals surface area (Å²) in [5, 5.41) is 8.64. The molecular formula is C15H27NO. The number of aliphatic hydroxyl groups excluding tert-OH is 1. The van der Waals surface area contributed by atoms with Crippen molar-refractivity contribution >= 4 is 0 Å². The minimum atomic E-state index is 0.282. The lowest BCUT2D eigenvalue weighted by atomic mass is 9.98. The molecular weight excluding hydrogens is 210 g/mol. The number of aliphatic hydroxyl groups is 1. The summed E-state index contributed by atoms with van der Waals surface area (Å²) in [6.45, 7) is 7.31. The van der Waals surface area contributed by atoms with Crippen LogP contribution in [-0.4, -0.2) is 18.3 Å². The van der Waals surface area contributed by atoms with Crippen molar-refractivity contribution in [2.75, 3.05) is 13.2 Å². The lowest BCUT2D eigenvalue weighted by Crippen LogP contribution is -2.15. The van der Waals surface area contributed by atoms with Crippen LogP contribution in [0.1, 0.15) is 32.8 Å². The molecule has 0 aliphatic rings. The van der Waals surface area contributed by atoms with E-state index in [-0.39, 0.29) is 6.61 Å². The van der Waals surface area contributed by atoms with Gasteiger partial charge in [-0.2, -0.15) is 0 Å². The Bertz CT molecular complexity index is 253. The summed E-state index contributed by atoms with van der Waals surface area (Å²) in [4.78, 5) is 0. The molecule has 0 bridgehead atoms. The van der Waals surface area contributed by atoms with Crippen LogP contribution in [0.5, 0.6) is 0 Å². The van der Waals surface area contributed by atoms with E-state index in [0.29, 0.717) is 11.8 Å². The average molecular weight is 237 g/mol. The third-order valence-corrected chi connectivity index (χ3v) is 2.77. The molecule has 0 heterocycles. The van der Waals surface area contributed by atoms with E-state index in [4.69, 9.17) is 10.8 Å². The topological polar surface area (TPSA) is 46.2 Å². The molecule has 2 atom stereocenters. The molecule has 2 heteroatoms. The Morgan fingerprint density at radius 1 is 1.12 bits per heavy atom.